The second kappa shape index (κ2) is 7.57. The van der Waals surface area contributed by atoms with E-state index in [9.17, 15) is 20.0 Å². The number of amides is 1. The zero-order valence-corrected chi connectivity index (χ0v) is 15.9. The number of piperidine rings is 1. The number of likely N-dealkylation sites (tertiary alicyclic amines) is 1. The molecule has 2 N–H and O–H groups in total. The van der Waals surface area contributed by atoms with E-state index in [1.165, 1.54) is 11.0 Å². The standard InChI is InChI=1S/C16H22BrN3O5/c1-16(2,3)25-15(22)19-7-6-12(14(21)9-19)18-11-5-4-10(17)8-13(11)20(23)24/h4-5,8,12,14,18,21H,6-7,9H2,1-3H3/t12?,14-/m0/s1. The number of ether oxygens (including phenoxy) is 1. The number of nitrogens with one attached hydrogen (secondary N) is 1. The van der Waals surface area contributed by atoms with Gasteiger partial charge in [0.15, 0.2) is 0 Å². The number of hydrogen-bond acceptors (Lipinski definition) is 6. The third-order valence-corrected chi connectivity index (χ3v) is 4.22. The summed E-state index contributed by atoms with van der Waals surface area (Å²) in [5, 5.41) is 24.5. The first kappa shape index (κ1) is 19.5. The predicted molar refractivity (Wildman–Crippen MR) is 96.6 cm³/mol. The summed E-state index contributed by atoms with van der Waals surface area (Å²) < 4.78 is 5.91. The Bertz CT molecular complexity index is 662. The number of halogens is 1. The maximum absolute atomic E-state index is 12.1. The molecule has 1 aliphatic heterocycles. The average molecular weight is 416 g/mol. The number of benzene rings is 1. The molecule has 1 saturated heterocycles. The van der Waals surface area contributed by atoms with Gasteiger partial charge in [0.05, 0.1) is 23.6 Å². The van der Waals surface area contributed by atoms with Gasteiger partial charge >= 0.3 is 6.09 Å². The summed E-state index contributed by atoms with van der Waals surface area (Å²) >= 11 is 3.21. The van der Waals surface area contributed by atoms with E-state index in [4.69, 9.17) is 4.74 Å². The van der Waals surface area contributed by atoms with Crippen LogP contribution in [-0.4, -0.2) is 51.9 Å². The lowest BCUT2D eigenvalue weighted by Gasteiger charge is -2.37. The third-order valence-electron chi connectivity index (χ3n) is 3.73. The van der Waals surface area contributed by atoms with Crippen LogP contribution in [0.25, 0.3) is 0 Å². The topological polar surface area (TPSA) is 105 Å². The maximum atomic E-state index is 12.1. The van der Waals surface area contributed by atoms with Crippen LogP contribution >= 0.6 is 15.9 Å². The number of rotatable bonds is 3. The Morgan fingerprint density at radius 2 is 2.16 bits per heavy atom. The fourth-order valence-corrected chi connectivity index (χ4v) is 2.92. The van der Waals surface area contributed by atoms with Crippen LogP contribution in [0, 0.1) is 10.1 Å². The second-order valence-corrected chi connectivity index (χ2v) is 7.87. The molecule has 0 bridgehead atoms. The highest BCUT2D eigenvalue weighted by molar-refractivity contribution is 9.10. The van der Waals surface area contributed by atoms with E-state index in [-0.39, 0.29) is 12.2 Å². The van der Waals surface area contributed by atoms with Crippen molar-refractivity contribution < 1.29 is 19.6 Å². The average Bonchev–Trinajstić information content (AvgIpc) is 2.48. The first-order valence-electron chi connectivity index (χ1n) is 7.93. The minimum Gasteiger partial charge on any atom is -0.444 e. The van der Waals surface area contributed by atoms with Crippen LogP contribution in [0.15, 0.2) is 22.7 Å². The highest BCUT2D eigenvalue weighted by Gasteiger charge is 2.33. The van der Waals surface area contributed by atoms with Gasteiger partial charge in [-0.3, -0.25) is 10.1 Å². The molecule has 0 aliphatic carbocycles. The first-order valence-corrected chi connectivity index (χ1v) is 8.72. The maximum Gasteiger partial charge on any atom is 0.410 e. The molecule has 1 aromatic carbocycles. The smallest absolute Gasteiger partial charge is 0.410 e. The van der Waals surface area contributed by atoms with Crippen LogP contribution in [0.5, 0.6) is 0 Å². The molecule has 25 heavy (non-hydrogen) atoms. The number of aliphatic hydroxyl groups is 1. The van der Waals surface area contributed by atoms with Gasteiger partial charge in [-0.05, 0) is 39.3 Å². The van der Waals surface area contributed by atoms with Crippen LogP contribution in [0.3, 0.4) is 0 Å². The van der Waals surface area contributed by atoms with Crippen molar-refractivity contribution >= 4 is 33.4 Å². The first-order chi connectivity index (χ1) is 11.6. The van der Waals surface area contributed by atoms with E-state index in [1.54, 1.807) is 32.9 Å². The SMILES string of the molecule is CC(C)(C)OC(=O)N1CCC(Nc2ccc(Br)cc2[N+](=O)[O-])[C@@H](O)C1. The van der Waals surface area contributed by atoms with Gasteiger partial charge in [0.2, 0.25) is 0 Å². The van der Waals surface area contributed by atoms with Crippen molar-refractivity contribution in [2.24, 2.45) is 0 Å². The van der Waals surface area contributed by atoms with Crippen molar-refractivity contribution in [1.82, 2.24) is 4.90 Å². The molecule has 0 aromatic heterocycles. The van der Waals surface area contributed by atoms with E-state index in [0.717, 1.165) is 0 Å². The van der Waals surface area contributed by atoms with Crippen LogP contribution < -0.4 is 5.32 Å². The molecule has 1 aromatic rings. The number of nitro groups is 1. The van der Waals surface area contributed by atoms with Crippen LogP contribution in [0.4, 0.5) is 16.2 Å². The molecule has 1 heterocycles. The van der Waals surface area contributed by atoms with Crippen LogP contribution in [-0.2, 0) is 4.74 Å². The summed E-state index contributed by atoms with van der Waals surface area (Å²) in [7, 11) is 0. The van der Waals surface area contributed by atoms with Crippen LogP contribution in [0.2, 0.25) is 0 Å². The molecule has 9 heteroatoms. The molecule has 8 nitrogen and oxygen atoms in total. The van der Waals surface area contributed by atoms with Gasteiger partial charge in [-0.2, -0.15) is 0 Å². The van der Waals surface area contributed by atoms with Gasteiger partial charge < -0.3 is 20.1 Å². The predicted octanol–water partition coefficient (Wildman–Crippen LogP) is 3.14. The molecule has 2 rings (SSSR count). The molecule has 138 valence electrons. The van der Waals surface area contributed by atoms with Gasteiger partial charge in [0.25, 0.3) is 5.69 Å². The molecular formula is C16H22BrN3O5. The number of hydrogen-bond donors (Lipinski definition) is 2. The molecule has 1 fully saturated rings. The Kier molecular flexibility index (Phi) is 5.89. The van der Waals surface area contributed by atoms with E-state index in [2.05, 4.69) is 21.2 Å². The minimum atomic E-state index is -0.857. The van der Waals surface area contributed by atoms with Gasteiger partial charge in [-0.15, -0.1) is 0 Å². The summed E-state index contributed by atoms with van der Waals surface area (Å²) in [4.78, 5) is 24.2. The number of nitrogens with zero attached hydrogens (tertiary/aromatic N) is 2. The third kappa shape index (κ3) is 5.30. The van der Waals surface area contributed by atoms with Crippen molar-refractivity contribution in [3.8, 4) is 0 Å². The summed E-state index contributed by atoms with van der Waals surface area (Å²) in [6, 6.07) is 4.30. The molecule has 1 unspecified atom stereocenters. The van der Waals surface area contributed by atoms with E-state index in [1.807, 2.05) is 0 Å². The molecule has 0 saturated carbocycles. The Labute approximate surface area is 154 Å². The number of aliphatic hydroxyl groups excluding tert-OH is 1. The molecule has 1 amide bonds. The zero-order valence-electron chi connectivity index (χ0n) is 14.4. The summed E-state index contributed by atoms with van der Waals surface area (Å²) in [5.74, 6) is 0. The second-order valence-electron chi connectivity index (χ2n) is 6.95. The lowest BCUT2D eigenvalue weighted by Crippen LogP contribution is -2.52. The van der Waals surface area contributed by atoms with Crippen molar-refractivity contribution in [2.75, 3.05) is 18.4 Å². The van der Waals surface area contributed by atoms with Gasteiger partial charge in [0.1, 0.15) is 11.3 Å². The van der Waals surface area contributed by atoms with E-state index >= 15 is 0 Å². The Morgan fingerprint density at radius 1 is 1.48 bits per heavy atom. The summed E-state index contributed by atoms with van der Waals surface area (Å²) in [6.45, 7) is 5.85. The minimum absolute atomic E-state index is 0.0730. The molecule has 0 spiro atoms. The fourth-order valence-electron chi connectivity index (χ4n) is 2.57. The Morgan fingerprint density at radius 3 is 2.72 bits per heavy atom. The van der Waals surface area contributed by atoms with E-state index in [0.29, 0.717) is 23.1 Å². The number of nitro benzene ring substituents is 1. The van der Waals surface area contributed by atoms with Crippen molar-refractivity contribution in [3.05, 3.63) is 32.8 Å². The van der Waals surface area contributed by atoms with Crippen LogP contribution in [0.1, 0.15) is 27.2 Å². The molecular weight excluding hydrogens is 394 g/mol. The highest BCUT2D eigenvalue weighted by Crippen LogP contribution is 2.30. The van der Waals surface area contributed by atoms with Crippen molar-refractivity contribution in [3.63, 3.8) is 0 Å². The highest BCUT2D eigenvalue weighted by atomic mass is 79.9. The largest absolute Gasteiger partial charge is 0.444 e. The number of carbonyl (C=O) groups excluding carboxylic acids is 1. The lowest BCUT2D eigenvalue weighted by atomic mass is 10.0. The van der Waals surface area contributed by atoms with Crippen molar-refractivity contribution in [2.45, 2.75) is 44.9 Å². The molecule has 0 radical (unpaired) electrons. The monoisotopic (exact) mass is 415 g/mol. The van der Waals surface area contributed by atoms with E-state index < -0.39 is 28.8 Å². The summed E-state index contributed by atoms with van der Waals surface area (Å²) in [5.41, 5.74) is -0.339. The number of carbonyl (C=O) groups is 1. The quantitative estimate of drug-likeness (QED) is 0.580. The van der Waals surface area contributed by atoms with Crippen molar-refractivity contribution in [1.29, 1.82) is 0 Å². The van der Waals surface area contributed by atoms with Gasteiger partial charge in [0, 0.05) is 17.1 Å². The number of β-amino-alcohol motifs (C(OH)–C–C–N with tert-alkyl or cyclic N) is 1. The Hall–Kier alpha value is -1.87. The zero-order chi connectivity index (χ0) is 18.8. The molecule has 2 atom stereocenters. The Balaban J connectivity index is 2.03. The van der Waals surface area contributed by atoms with Gasteiger partial charge in [-0.1, -0.05) is 15.9 Å². The molecule has 1 aliphatic rings. The number of anilines is 1. The van der Waals surface area contributed by atoms with Gasteiger partial charge in [-0.25, -0.2) is 4.79 Å². The fraction of sp³-hybridized carbons (Fsp3) is 0.562. The summed E-state index contributed by atoms with van der Waals surface area (Å²) in [6.07, 6.45) is -0.877. The normalized spacial score (nSPS) is 20.9. The lowest BCUT2D eigenvalue weighted by molar-refractivity contribution is -0.384.